The minimum atomic E-state index is -1.07. The van der Waals surface area contributed by atoms with Crippen LogP contribution < -0.4 is 5.32 Å². The molecular weight excluding hydrogens is 262 g/mol. The quantitative estimate of drug-likeness (QED) is 0.686. The highest BCUT2D eigenvalue weighted by molar-refractivity contribution is 5.88. The zero-order valence-electron chi connectivity index (χ0n) is 12.0. The van der Waals surface area contributed by atoms with Crippen molar-refractivity contribution < 1.29 is 24.6 Å². The first-order valence-corrected chi connectivity index (χ1v) is 7.09. The van der Waals surface area contributed by atoms with Crippen LogP contribution in [-0.2, 0) is 14.4 Å². The van der Waals surface area contributed by atoms with Gasteiger partial charge in [0.05, 0.1) is 11.8 Å². The van der Waals surface area contributed by atoms with E-state index in [0.717, 1.165) is 12.8 Å². The first-order chi connectivity index (χ1) is 9.32. The third-order valence-electron chi connectivity index (χ3n) is 3.74. The molecule has 1 aliphatic carbocycles. The van der Waals surface area contributed by atoms with Crippen molar-refractivity contribution in [1.29, 1.82) is 0 Å². The number of hydrogen-bond donors (Lipinski definition) is 3. The molecule has 3 N–H and O–H groups in total. The maximum Gasteiger partial charge on any atom is 0.326 e. The Hall–Kier alpha value is -1.59. The maximum atomic E-state index is 12.2. The summed E-state index contributed by atoms with van der Waals surface area (Å²) in [7, 11) is 0. The van der Waals surface area contributed by atoms with E-state index >= 15 is 0 Å². The van der Waals surface area contributed by atoms with Crippen molar-refractivity contribution in [2.75, 3.05) is 0 Å². The molecule has 1 rings (SSSR count). The second-order valence-corrected chi connectivity index (χ2v) is 5.86. The summed E-state index contributed by atoms with van der Waals surface area (Å²) in [6.45, 7) is 3.76. The van der Waals surface area contributed by atoms with Gasteiger partial charge >= 0.3 is 11.9 Å². The highest BCUT2D eigenvalue weighted by atomic mass is 16.4. The normalized spacial score (nSPS) is 24.1. The summed E-state index contributed by atoms with van der Waals surface area (Å²) in [5, 5.41) is 20.8. The van der Waals surface area contributed by atoms with Gasteiger partial charge in [-0.05, 0) is 25.2 Å². The molecular formula is C14H23NO5. The van der Waals surface area contributed by atoms with E-state index < -0.39 is 35.7 Å². The summed E-state index contributed by atoms with van der Waals surface area (Å²) in [5.74, 6) is -3.66. The third-order valence-corrected chi connectivity index (χ3v) is 3.74. The van der Waals surface area contributed by atoms with Gasteiger partial charge in [0, 0.05) is 0 Å². The van der Waals surface area contributed by atoms with Crippen molar-refractivity contribution in [2.45, 2.75) is 52.0 Å². The molecule has 3 atom stereocenters. The Bertz CT molecular complexity index is 380. The van der Waals surface area contributed by atoms with Crippen LogP contribution in [0, 0.1) is 17.8 Å². The number of carboxylic acids is 2. The van der Waals surface area contributed by atoms with Crippen LogP contribution in [0.2, 0.25) is 0 Å². The van der Waals surface area contributed by atoms with Gasteiger partial charge in [-0.1, -0.05) is 26.7 Å². The highest BCUT2D eigenvalue weighted by Gasteiger charge is 2.37. The average Bonchev–Trinajstić information content (AvgIpc) is 2.37. The molecule has 1 amide bonds. The van der Waals surface area contributed by atoms with E-state index in [1.165, 1.54) is 0 Å². The SMILES string of the molecule is CC(C)C[C@H](NC(=O)[C@@H]1CCCC[C@@H]1C(=O)O)C(=O)O. The molecule has 114 valence electrons. The fourth-order valence-electron chi connectivity index (χ4n) is 2.71. The van der Waals surface area contributed by atoms with Gasteiger partial charge in [0.25, 0.3) is 0 Å². The molecule has 6 heteroatoms. The lowest BCUT2D eigenvalue weighted by atomic mass is 9.78. The Morgan fingerprint density at radius 1 is 1.10 bits per heavy atom. The number of nitrogens with one attached hydrogen (secondary N) is 1. The summed E-state index contributed by atoms with van der Waals surface area (Å²) in [5.41, 5.74) is 0. The van der Waals surface area contributed by atoms with Gasteiger partial charge in [-0.2, -0.15) is 0 Å². The molecule has 6 nitrogen and oxygen atoms in total. The molecule has 0 aromatic heterocycles. The minimum Gasteiger partial charge on any atom is -0.481 e. The van der Waals surface area contributed by atoms with Crippen molar-refractivity contribution in [2.24, 2.45) is 17.8 Å². The van der Waals surface area contributed by atoms with Crippen molar-refractivity contribution in [1.82, 2.24) is 5.32 Å². The standard InChI is InChI=1S/C14H23NO5/c1-8(2)7-11(14(19)20)15-12(16)9-5-3-4-6-10(9)13(17)18/h8-11H,3-7H2,1-2H3,(H,15,16)(H,17,18)(H,19,20)/t9-,10+,11+/m1/s1. The molecule has 1 saturated carbocycles. The van der Waals surface area contributed by atoms with Crippen LogP contribution in [0.5, 0.6) is 0 Å². The lowest BCUT2D eigenvalue weighted by molar-refractivity contribution is -0.150. The van der Waals surface area contributed by atoms with Gasteiger partial charge < -0.3 is 15.5 Å². The second kappa shape index (κ2) is 7.26. The predicted molar refractivity (Wildman–Crippen MR) is 72.1 cm³/mol. The van der Waals surface area contributed by atoms with Gasteiger partial charge in [-0.15, -0.1) is 0 Å². The zero-order valence-corrected chi connectivity index (χ0v) is 12.0. The lowest BCUT2D eigenvalue weighted by Crippen LogP contribution is -2.47. The topological polar surface area (TPSA) is 104 Å². The molecule has 0 unspecified atom stereocenters. The van der Waals surface area contributed by atoms with Gasteiger partial charge in [0.2, 0.25) is 5.91 Å². The molecule has 0 aromatic carbocycles. The summed E-state index contributed by atoms with van der Waals surface area (Å²) in [6, 6.07) is -0.945. The van der Waals surface area contributed by atoms with Crippen LogP contribution in [0.25, 0.3) is 0 Å². The molecule has 0 radical (unpaired) electrons. The summed E-state index contributed by atoms with van der Waals surface area (Å²) < 4.78 is 0. The van der Waals surface area contributed by atoms with E-state index in [-0.39, 0.29) is 5.92 Å². The van der Waals surface area contributed by atoms with Gasteiger partial charge in [0.1, 0.15) is 6.04 Å². The Morgan fingerprint density at radius 3 is 2.10 bits per heavy atom. The molecule has 0 bridgehead atoms. The van der Waals surface area contributed by atoms with Gasteiger partial charge in [-0.25, -0.2) is 4.79 Å². The average molecular weight is 285 g/mol. The number of aliphatic carboxylic acids is 2. The molecule has 1 fully saturated rings. The number of carbonyl (C=O) groups excluding carboxylic acids is 1. The molecule has 0 aliphatic heterocycles. The van der Waals surface area contributed by atoms with E-state index in [0.29, 0.717) is 19.3 Å². The Balaban J connectivity index is 2.71. The number of carbonyl (C=O) groups is 3. The van der Waals surface area contributed by atoms with Crippen molar-refractivity contribution in [3.05, 3.63) is 0 Å². The van der Waals surface area contributed by atoms with E-state index in [4.69, 9.17) is 10.2 Å². The lowest BCUT2D eigenvalue weighted by Gasteiger charge is -2.28. The van der Waals surface area contributed by atoms with Crippen molar-refractivity contribution in [3.63, 3.8) is 0 Å². The molecule has 0 heterocycles. The van der Waals surface area contributed by atoms with E-state index in [2.05, 4.69) is 5.32 Å². The number of hydrogen-bond acceptors (Lipinski definition) is 3. The van der Waals surface area contributed by atoms with Crippen LogP contribution in [-0.4, -0.2) is 34.1 Å². The monoisotopic (exact) mass is 285 g/mol. The van der Waals surface area contributed by atoms with Crippen LogP contribution in [0.1, 0.15) is 46.0 Å². The number of amides is 1. The van der Waals surface area contributed by atoms with Gasteiger partial charge in [0.15, 0.2) is 0 Å². The fraction of sp³-hybridized carbons (Fsp3) is 0.786. The van der Waals surface area contributed by atoms with Crippen LogP contribution >= 0.6 is 0 Å². The summed E-state index contributed by atoms with van der Waals surface area (Å²) >= 11 is 0. The minimum absolute atomic E-state index is 0.137. The Kier molecular flexibility index (Phi) is 5.98. The molecule has 1 aliphatic rings. The molecule has 20 heavy (non-hydrogen) atoms. The highest BCUT2D eigenvalue weighted by Crippen LogP contribution is 2.30. The summed E-state index contributed by atoms with van der Waals surface area (Å²) in [6.07, 6.45) is 2.94. The first kappa shape index (κ1) is 16.5. The van der Waals surface area contributed by atoms with E-state index in [1.807, 2.05) is 13.8 Å². The molecule has 0 spiro atoms. The maximum absolute atomic E-state index is 12.2. The molecule has 0 saturated heterocycles. The smallest absolute Gasteiger partial charge is 0.326 e. The van der Waals surface area contributed by atoms with Crippen LogP contribution in [0.15, 0.2) is 0 Å². The van der Waals surface area contributed by atoms with E-state index in [9.17, 15) is 14.4 Å². The van der Waals surface area contributed by atoms with Crippen molar-refractivity contribution >= 4 is 17.8 Å². The zero-order chi connectivity index (χ0) is 15.3. The van der Waals surface area contributed by atoms with Crippen molar-refractivity contribution in [3.8, 4) is 0 Å². The first-order valence-electron chi connectivity index (χ1n) is 7.09. The van der Waals surface area contributed by atoms with Crippen LogP contribution in [0.3, 0.4) is 0 Å². The number of rotatable bonds is 6. The fourth-order valence-corrected chi connectivity index (χ4v) is 2.71. The third kappa shape index (κ3) is 4.51. The summed E-state index contributed by atoms with van der Waals surface area (Å²) in [4.78, 5) is 34.5. The van der Waals surface area contributed by atoms with Crippen LogP contribution in [0.4, 0.5) is 0 Å². The Labute approximate surface area is 118 Å². The Morgan fingerprint density at radius 2 is 1.65 bits per heavy atom. The predicted octanol–water partition coefficient (Wildman–Crippen LogP) is 1.49. The van der Waals surface area contributed by atoms with E-state index in [1.54, 1.807) is 0 Å². The largest absolute Gasteiger partial charge is 0.481 e. The molecule has 0 aromatic rings. The van der Waals surface area contributed by atoms with Gasteiger partial charge in [-0.3, -0.25) is 9.59 Å². The number of carboxylic acid groups (broad SMARTS) is 2. The second-order valence-electron chi connectivity index (χ2n) is 5.86.